The second kappa shape index (κ2) is 4.61. The number of benzene rings is 1. The van der Waals surface area contributed by atoms with E-state index in [4.69, 9.17) is 0 Å². The van der Waals surface area contributed by atoms with E-state index < -0.39 is 0 Å². The zero-order chi connectivity index (χ0) is 11.6. The number of anilines is 1. The lowest BCUT2D eigenvalue weighted by Crippen LogP contribution is -2.26. The van der Waals surface area contributed by atoms with E-state index in [0.717, 1.165) is 10.2 Å². The Morgan fingerprint density at radius 1 is 1.27 bits per heavy atom. The van der Waals surface area contributed by atoms with Crippen LogP contribution in [0.5, 0.6) is 0 Å². The molecule has 0 heterocycles. The van der Waals surface area contributed by atoms with Gasteiger partial charge in [0.2, 0.25) is 0 Å². The number of nitrogens with one attached hydrogen (secondary N) is 1. The largest absolute Gasteiger partial charge is 0.379 e. The molecular weight excluding hydrogens is 324 g/mol. The highest BCUT2D eigenvalue weighted by molar-refractivity contribution is 9.11. The Bertz CT molecular complexity index is 386. The van der Waals surface area contributed by atoms with Gasteiger partial charge < -0.3 is 5.32 Å². The van der Waals surface area contributed by atoms with Gasteiger partial charge >= 0.3 is 0 Å². The van der Waals surface area contributed by atoms with Crippen molar-refractivity contribution in [3.8, 4) is 0 Å². The molecule has 0 atom stereocenters. The standard InChI is InChI=1S/C10H12Br2N2O/c1-10(2,3)13-8-5-6(11)4-7(12)9(8)14-15/h4-5,13H,1-3H3. The smallest absolute Gasteiger partial charge is 0.145 e. The number of nitrogens with zero attached hydrogens (tertiary/aromatic N) is 1. The summed E-state index contributed by atoms with van der Waals surface area (Å²) < 4.78 is 1.58. The van der Waals surface area contributed by atoms with E-state index in [2.05, 4.69) is 42.4 Å². The van der Waals surface area contributed by atoms with Crippen molar-refractivity contribution >= 4 is 43.2 Å². The molecule has 0 aliphatic heterocycles. The maximum absolute atomic E-state index is 10.7. The minimum Gasteiger partial charge on any atom is -0.379 e. The molecule has 15 heavy (non-hydrogen) atoms. The van der Waals surface area contributed by atoms with E-state index in [1.807, 2.05) is 26.8 Å². The summed E-state index contributed by atoms with van der Waals surface area (Å²) >= 11 is 6.67. The first kappa shape index (κ1) is 12.6. The minimum atomic E-state index is -0.111. The summed E-state index contributed by atoms with van der Waals surface area (Å²) in [5.74, 6) is 0. The molecule has 0 saturated carbocycles. The molecule has 5 heteroatoms. The zero-order valence-corrected chi connectivity index (χ0v) is 11.9. The lowest BCUT2D eigenvalue weighted by atomic mass is 10.1. The predicted molar refractivity (Wildman–Crippen MR) is 70.7 cm³/mol. The Kier molecular flexibility index (Phi) is 3.89. The van der Waals surface area contributed by atoms with Crippen LogP contribution in [0.25, 0.3) is 0 Å². The lowest BCUT2D eigenvalue weighted by Gasteiger charge is -2.23. The summed E-state index contributed by atoms with van der Waals surface area (Å²) in [4.78, 5) is 10.7. The van der Waals surface area contributed by atoms with E-state index in [-0.39, 0.29) is 5.54 Å². The summed E-state index contributed by atoms with van der Waals surface area (Å²) in [7, 11) is 0. The molecule has 0 aliphatic carbocycles. The van der Waals surface area contributed by atoms with E-state index in [9.17, 15) is 4.91 Å². The topological polar surface area (TPSA) is 41.5 Å². The van der Waals surface area contributed by atoms with Crippen molar-refractivity contribution in [1.82, 2.24) is 0 Å². The van der Waals surface area contributed by atoms with Crippen LogP contribution in [0.1, 0.15) is 20.8 Å². The van der Waals surface area contributed by atoms with E-state index in [0.29, 0.717) is 10.2 Å². The highest BCUT2D eigenvalue weighted by Gasteiger charge is 2.15. The first-order chi connectivity index (χ1) is 6.83. The summed E-state index contributed by atoms with van der Waals surface area (Å²) in [5.41, 5.74) is 1.01. The highest BCUT2D eigenvalue weighted by atomic mass is 79.9. The molecule has 1 rings (SSSR count). The van der Waals surface area contributed by atoms with Crippen LogP contribution in [0.4, 0.5) is 11.4 Å². The van der Waals surface area contributed by atoms with Crippen LogP contribution in [-0.4, -0.2) is 5.54 Å². The van der Waals surface area contributed by atoms with Gasteiger partial charge in [0.05, 0.1) is 10.2 Å². The van der Waals surface area contributed by atoms with Gasteiger partial charge in [0.1, 0.15) is 5.69 Å². The fraction of sp³-hybridized carbons (Fsp3) is 0.400. The third kappa shape index (κ3) is 3.57. The molecule has 0 unspecified atom stereocenters. The molecule has 0 saturated heterocycles. The second-order valence-corrected chi connectivity index (χ2v) is 6.02. The molecule has 0 bridgehead atoms. The van der Waals surface area contributed by atoms with Gasteiger partial charge in [-0.05, 0) is 54.0 Å². The summed E-state index contributed by atoms with van der Waals surface area (Å²) in [6.45, 7) is 6.07. The van der Waals surface area contributed by atoms with Crippen molar-refractivity contribution in [2.75, 3.05) is 5.32 Å². The maximum atomic E-state index is 10.7. The minimum absolute atomic E-state index is 0.111. The Morgan fingerprint density at radius 3 is 2.33 bits per heavy atom. The number of rotatable bonds is 2. The van der Waals surface area contributed by atoms with Gasteiger partial charge in [0.15, 0.2) is 0 Å². The fourth-order valence-corrected chi connectivity index (χ4v) is 2.46. The monoisotopic (exact) mass is 334 g/mol. The molecule has 1 aromatic rings. The molecule has 0 aromatic heterocycles. The summed E-state index contributed by atoms with van der Waals surface area (Å²) in [6, 6.07) is 3.64. The maximum Gasteiger partial charge on any atom is 0.145 e. The van der Waals surface area contributed by atoms with E-state index in [1.54, 1.807) is 6.07 Å². The molecular formula is C10H12Br2N2O. The van der Waals surface area contributed by atoms with Gasteiger partial charge in [0, 0.05) is 10.0 Å². The second-order valence-electron chi connectivity index (χ2n) is 4.25. The Morgan fingerprint density at radius 2 is 1.87 bits per heavy atom. The molecule has 0 fully saturated rings. The molecule has 1 aromatic carbocycles. The number of hydrogen-bond acceptors (Lipinski definition) is 3. The van der Waals surface area contributed by atoms with Crippen molar-refractivity contribution < 1.29 is 0 Å². The highest BCUT2D eigenvalue weighted by Crippen LogP contribution is 2.37. The van der Waals surface area contributed by atoms with Gasteiger partial charge in [-0.1, -0.05) is 15.9 Å². The molecule has 0 aliphatic rings. The summed E-state index contributed by atoms with van der Waals surface area (Å²) in [6.07, 6.45) is 0. The number of halogens is 2. The van der Waals surface area contributed by atoms with Crippen LogP contribution >= 0.6 is 31.9 Å². The third-order valence-corrected chi connectivity index (χ3v) is 2.69. The predicted octanol–water partition coefficient (Wildman–Crippen LogP) is 4.82. The molecule has 0 radical (unpaired) electrons. The number of nitroso groups, excluding NO2 is 1. The Balaban J connectivity index is 3.21. The van der Waals surface area contributed by atoms with Crippen molar-refractivity contribution in [3.63, 3.8) is 0 Å². The van der Waals surface area contributed by atoms with Crippen molar-refractivity contribution in [1.29, 1.82) is 0 Å². The lowest BCUT2D eigenvalue weighted by molar-refractivity contribution is 0.634. The van der Waals surface area contributed by atoms with Crippen LogP contribution in [0.15, 0.2) is 26.3 Å². The van der Waals surface area contributed by atoms with Crippen LogP contribution in [0, 0.1) is 4.91 Å². The molecule has 3 nitrogen and oxygen atoms in total. The Labute approximate surface area is 106 Å². The SMILES string of the molecule is CC(C)(C)Nc1cc(Br)cc(Br)c1N=O. The number of hydrogen-bond donors (Lipinski definition) is 1. The zero-order valence-electron chi connectivity index (χ0n) is 8.77. The molecule has 0 amide bonds. The van der Waals surface area contributed by atoms with Gasteiger partial charge in [-0.25, -0.2) is 0 Å². The third-order valence-electron chi connectivity index (χ3n) is 1.63. The fourth-order valence-electron chi connectivity index (χ4n) is 1.16. The van der Waals surface area contributed by atoms with Crippen LogP contribution in [0.2, 0.25) is 0 Å². The van der Waals surface area contributed by atoms with Gasteiger partial charge in [-0.3, -0.25) is 0 Å². The molecule has 0 spiro atoms. The van der Waals surface area contributed by atoms with Crippen LogP contribution < -0.4 is 5.32 Å². The van der Waals surface area contributed by atoms with Crippen LogP contribution in [0.3, 0.4) is 0 Å². The first-order valence-corrected chi connectivity index (χ1v) is 6.02. The van der Waals surface area contributed by atoms with Crippen LogP contribution in [-0.2, 0) is 0 Å². The van der Waals surface area contributed by atoms with Gasteiger partial charge in [-0.15, -0.1) is 4.91 Å². The average molecular weight is 336 g/mol. The van der Waals surface area contributed by atoms with Crippen molar-refractivity contribution in [2.24, 2.45) is 5.18 Å². The molecule has 1 N–H and O–H groups in total. The molecule has 82 valence electrons. The normalized spacial score (nSPS) is 11.3. The summed E-state index contributed by atoms with van der Waals surface area (Å²) in [5, 5.41) is 6.24. The van der Waals surface area contributed by atoms with Gasteiger partial charge in [-0.2, -0.15) is 0 Å². The average Bonchev–Trinajstić information content (AvgIpc) is 1.99. The van der Waals surface area contributed by atoms with E-state index >= 15 is 0 Å². The Hall–Kier alpha value is -0.420. The first-order valence-electron chi connectivity index (χ1n) is 4.44. The van der Waals surface area contributed by atoms with Gasteiger partial charge in [0.25, 0.3) is 0 Å². The van der Waals surface area contributed by atoms with Crippen molar-refractivity contribution in [3.05, 3.63) is 26.0 Å². The van der Waals surface area contributed by atoms with Crippen molar-refractivity contribution in [2.45, 2.75) is 26.3 Å². The van der Waals surface area contributed by atoms with E-state index in [1.165, 1.54) is 0 Å². The quantitative estimate of drug-likeness (QED) is 0.787.